The highest BCUT2D eigenvalue weighted by molar-refractivity contribution is 6.14. The zero-order valence-electron chi connectivity index (χ0n) is 14.8. The summed E-state index contributed by atoms with van der Waals surface area (Å²) >= 11 is 0. The first kappa shape index (κ1) is 17.7. The predicted molar refractivity (Wildman–Crippen MR) is 97.3 cm³/mol. The molecule has 3 rings (SSSR count). The van der Waals surface area contributed by atoms with Crippen LogP contribution in [0.3, 0.4) is 0 Å². The number of benzene rings is 2. The minimum Gasteiger partial charge on any atom is -0.482 e. The Labute approximate surface area is 152 Å². The van der Waals surface area contributed by atoms with Gasteiger partial charge in [0.05, 0.1) is 12.2 Å². The summed E-state index contributed by atoms with van der Waals surface area (Å²) in [5, 5.41) is 0. The zero-order valence-corrected chi connectivity index (χ0v) is 14.8. The van der Waals surface area contributed by atoms with Crippen LogP contribution in [0.1, 0.15) is 35.3 Å². The molecule has 0 aromatic heterocycles. The number of carbonyl (C=O) groups excluding carboxylic acids is 2. The Hall–Kier alpha value is -3.08. The van der Waals surface area contributed by atoms with E-state index in [0.717, 1.165) is 12.0 Å². The summed E-state index contributed by atoms with van der Waals surface area (Å²) < 4.78 is 15.9. The van der Waals surface area contributed by atoms with Crippen molar-refractivity contribution in [1.82, 2.24) is 0 Å². The average molecular weight is 352 g/mol. The van der Waals surface area contributed by atoms with Crippen molar-refractivity contribution in [1.29, 1.82) is 0 Å². The molecular formula is C21H20O5. The fourth-order valence-corrected chi connectivity index (χ4v) is 2.60. The van der Waals surface area contributed by atoms with Crippen LogP contribution in [0.2, 0.25) is 0 Å². The van der Waals surface area contributed by atoms with Crippen molar-refractivity contribution in [3.05, 3.63) is 64.9 Å². The summed E-state index contributed by atoms with van der Waals surface area (Å²) in [6, 6.07) is 12.9. The van der Waals surface area contributed by atoms with Crippen LogP contribution in [-0.2, 0) is 16.0 Å². The summed E-state index contributed by atoms with van der Waals surface area (Å²) in [6.07, 6.45) is 2.69. The number of carbonyl (C=O) groups is 2. The summed E-state index contributed by atoms with van der Waals surface area (Å²) in [5.74, 6) is 0.523. The SMILES string of the molecule is CCOC(=O)COc1ccc2c(c1)O/C(=C/c1ccc(CC)cc1)C2=O. The van der Waals surface area contributed by atoms with Crippen molar-refractivity contribution in [3.8, 4) is 11.5 Å². The second-order valence-electron chi connectivity index (χ2n) is 5.79. The Bertz CT molecular complexity index is 849. The van der Waals surface area contributed by atoms with Crippen LogP contribution < -0.4 is 9.47 Å². The Morgan fingerprint density at radius 1 is 1.12 bits per heavy atom. The largest absolute Gasteiger partial charge is 0.482 e. The monoisotopic (exact) mass is 352 g/mol. The predicted octanol–water partition coefficient (Wildman–Crippen LogP) is 3.81. The highest BCUT2D eigenvalue weighted by atomic mass is 16.6. The number of Topliss-reactive ketones (excluding diaryl/α,β-unsaturated/α-hetero) is 1. The number of ketones is 1. The van der Waals surface area contributed by atoms with Gasteiger partial charge in [-0.25, -0.2) is 4.79 Å². The van der Waals surface area contributed by atoms with Crippen molar-refractivity contribution in [2.45, 2.75) is 20.3 Å². The van der Waals surface area contributed by atoms with E-state index in [-0.39, 0.29) is 18.1 Å². The van der Waals surface area contributed by atoms with Crippen LogP contribution >= 0.6 is 0 Å². The highest BCUT2D eigenvalue weighted by Gasteiger charge is 2.27. The molecule has 1 aliphatic rings. The molecule has 134 valence electrons. The second-order valence-corrected chi connectivity index (χ2v) is 5.79. The fourth-order valence-electron chi connectivity index (χ4n) is 2.60. The van der Waals surface area contributed by atoms with E-state index in [2.05, 4.69) is 6.92 Å². The molecule has 0 amide bonds. The quantitative estimate of drug-likeness (QED) is 0.584. The van der Waals surface area contributed by atoms with Gasteiger partial charge in [0.1, 0.15) is 11.5 Å². The van der Waals surface area contributed by atoms with Crippen LogP contribution in [0.25, 0.3) is 6.08 Å². The van der Waals surface area contributed by atoms with Crippen molar-refractivity contribution in [3.63, 3.8) is 0 Å². The zero-order chi connectivity index (χ0) is 18.5. The van der Waals surface area contributed by atoms with Gasteiger partial charge in [0.2, 0.25) is 5.78 Å². The van der Waals surface area contributed by atoms with Gasteiger partial charge in [-0.2, -0.15) is 0 Å². The third-order valence-corrected chi connectivity index (χ3v) is 3.99. The van der Waals surface area contributed by atoms with Gasteiger partial charge in [-0.1, -0.05) is 31.2 Å². The first-order chi connectivity index (χ1) is 12.6. The lowest BCUT2D eigenvalue weighted by Crippen LogP contribution is -2.14. The number of hydrogen-bond donors (Lipinski definition) is 0. The maximum atomic E-state index is 12.5. The molecule has 0 saturated carbocycles. The van der Waals surface area contributed by atoms with E-state index in [4.69, 9.17) is 14.2 Å². The number of fused-ring (bicyclic) bond motifs is 1. The van der Waals surface area contributed by atoms with Crippen LogP contribution in [-0.4, -0.2) is 25.0 Å². The molecule has 0 aliphatic carbocycles. The Kier molecular flexibility index (Phi) is 5.37. The molecule has 2 aromatic carbocycles. The molecule has 1 aliphatic heterocycles. The Morgan fingerprint density at radius 2 is 1.88 bits per heavy atom. The van der Waals surface area contributed by atoms with Gasteiger partial charge in [0.15, 0.2) is 12.4 Å². The lowest BCUT2D eigenvalue weighted by molar-refractivity contribution is -0.145. The van der Waals surface area contributed by atoms with Gasteiger partial charge >= 0.3 is 5.97 Å². The smallest absolute Gasteiger partial charge is 0.344 e. The number of esters is 1. The first-order valence-corrected chi connectivity index (χ1v) is 8.56. The molecule has 0 fully saturated rings. The van der Waals surface area contributed by atoms with Gasteiger partial charge in [-0.15, -0.1) is 0 Å². The van der Waals surface area contributed by atoms with Crippen molar-refractivity contribution < 1.29 is 23.8 Å². The van der Waals surface area contributed by atoms with E-state index in [0.29, 0.717) is 23.7 Å². The van der Waals surface area contributed by atoms with Gasteiger partial charge < -0.3 is 14.2 Å². The molecule has 1 heterocycles. The molecule has 0 saturated heterocycles. The fraction of sp³-hybridized carbons (Fsp3) is 0.238. The molecule has 0 radical (unpaired) electrons. The maximum Gasteiger partial charge on any atom is 0.344 e. The van der Waals surface area contributed by atoms with Gasteiger partial charge in [-0.3, -0.25) is 4.79 Å². The summed E-state index contributed by atoms with van der Waals surface area (Å²) in [7, 11) is 0. The number of allylic oxidation sites excluding steroid dienone is 1. The van der Waals surface area contributed by atoms with Crippen molar-refractivity contribution in [2.75, 3.05) is 13.2 Å². The van der Waals surface area contributed by atoms with E-state index in [9.17, 15) is 9.59 Å². The van der Waals surface area contributed by atoms with Gasteiger partial charge in [0, 0.05) is 6.07 Å². The van der Waals surface area contributed by atoms with E-state index < -0.39 is 5.97 Å². The van der Waals surface area contributed by atoms with E-state index in [1.54, 1.807) is 31.2 Å². The Morgan fingerprint density at radius 3 is 2.58 bits per heavy atom. The molecule has 5 heteroatoms. The van der Waals surface area contributed by atoms with E-state index in [1.807, 2.05) is 24.3 Å². The lowest BCUT2D eigenvalue weighted by atomic mass is 10.1. The minimum atomic E-state index is -0.443. The molecule has 0 unspecified atom stereocenters. The Balaban J connectivity index is 1.73. The molecule has 0 spiro atoms. The molecule has 26 heavy (non-hydrogen) atoms. The number of rotatable bonds is 6. The first-order valence-electron chi connectivity index (χ1n) is 8.56. The van der Waals surface area contributed by atoms with Crippen LogP contribution in [0, 0.1) is 0 Å². The van der Waals surface area contributed by atoms with Gasteiger partial charge in [-0.05, 0) is 42.7 Å². The number of aryl methyl sites for hydroxylation is 1. The molecular weight excluding hydrogens is 332 g/mol. The summed E-state index contributed by atoms with van der Waals surface area (Å²) in [5.41, 5.74) is 2.61. The lowest BCUT2D eigenvalue weighted by Gasteiger charge is -2.06. The van der Waals surface area contributed by atoms with Crippen LogP contribution in [0.4, 0.5) is 0 Å². The number of hydrogen-bond acceptors (Lipinski definition) is 5. The second kappa shape index (κ2) is 7.87. The average Bonchev–Trinajstić information content (AvgIpc) is 2.96. The molecule has 0 atom stereocenters. The van der Waals surface area contributed by atoms with Crippen LogP contribution in [0.15, 0.2) is 48.2 Å². The normalized spacial score (nSPS) is 14.1. The van der Waals surface area contributed by atoms with Gasteiger partial charge in [0.25, 0.3) is 0 Å². The van der Waals surface area contributed by atoms with Crippen molar-refractivity contribution in [2.24, 2.45) is 0 Å². The standard InChI is InChI=1S/C21H20O5/c1-3-14-5-7-15(8-6-14)11-19-21(23)17-10-9-16(12-18(17)26-19)25-13-20(22)24-4-2/h5-12H,3-4,13H2,1-2H3/b19-11+. The van der Waals surface area contributed by atoms with Crippen molar-refractivity contribution >= 4 is 17.8 Å². The minimum absolute atomic E-state index is 0.170. The summed E-state index contributed by atoms with van der Waals surface area (Å²) in [6.45, 7) is 3.94. The summed E-state index contributed by atoms with van der Waals surface area (Å²) in [4.78, 5) is 23.8. The topological polar surface area (TPSA) is 61.8 Å². The number of ether oxygens (including phenoxy) is 3. The third-order valence-electron chi connectivity index (χ3n) is 3.99. The van der Waals surface area contributed by atoms with E-state index >= 15 is 0 Å². The molecule has 0 N–H and O–H groups in total. The molecule has 2 aromatic rings. The van der Waals surface area contributed by atoms with E-state index in [1.165, 1.54) is 5.56 Å². The van der Waals surface area contributed by atoms with Crippen LogP contribution in [0.5, 0.6) is 11.5 Å². The highest BCUT2D eigenvalue weighted by Crippen LogP contribution is 2.34. The molecule has 0 bridgehead atoms. The third kappa shape index (κ3) is 3.94. The molecule has 5 nitrogen and oxygen atoms in total. The maximum absolute atomic E-state index is 12.5.